The fourth-order valence-corrected chi connectivity index (χ4v) is 3.80. The minimum atomic E-state index is -1.56. The Balaban J connectivity index is 1.98. The third-order valence-corrected chi connectivity index (χ3v) is 5.49. The maximum atomic E-state index is 11.7. The van der Waals surface area contributed by atoms with Crippen molar-refractivity contribution in [1.29, 1.82) is 0 Å². The number of aromatic hydroxyl groups is 1. The van der Waals surface area contributed by atoms with Crippen molar-refractivity contribution in [1.82, 2.24) is 0 Å². The van der Waals surface area contributed by atoms with E-state index in [1.807, 2.05) is 6.92 Å². The van der Waals surface area contributed by atoms with Crippen LogP contribution in [-0.4, -0.2) is 41.1 Å². The van der Waals surface area contributed by atoms with E-state index in [-0.39, 0.29) is 17.1 Å². The highest BCUT2D eigenvalue weighted by molar-refractivity contribution is 14.1. The van der Waals surface area contributed by atoms with Crippen LogP contribution in [0.3, 0.4) is 0 Å². The average molecular weight is 555 g/mol. The Bertz CT molecular complexity index is 1020. The van der Waals surface area contributed by atoms with Crippen LogP contribution in [0, 0.1) is 10.5 Å². The fourth-order valence-electron chi connectivity index (χ4n) is 3.03. The zero-order valence-electron chi connectivity index (χ0n) is 18.2. The van der Waals surface area contributed by atoms with Crippen molar-refractivity contribution in [3.05, 3.63) is 44.5 Å². The first kappa shape index (κ1) is 25.4. The lowest BCUT2D eigenvalue weighted by atomic mass is 10.0. The number of phenolic OH excluding ortho intramolecular Hbond substituents is 1. The number of carboxylic acids is 1. The standard InChI is InChI=1S/C23H26INO7/c1-4-6-16-19(8-7-15(14(3)26)21(16)27)31-9-5-10-32-20-12-18(13(2)11-17(20)24)25-22(28)23(29)30/h7-8,11-12,27H,4-6,9-10H2,1-3H3,(H,25,28)(H,29,30). The second-order valence-electron chi connectivity index (χ2n) is 7.15. The smallest absolute Gasteiger partial charge is 0.394 e. The molecule has 2 aromatic carbocycles. The Morgan fingerprint density at radius 3 is 2.34 bits per heavy atom. The summed E-state index contributed by atoms with van der Waals surface area (Å²) in [7, 11) is 0. The van der Waals surface area contributed by atoms with E-state index >= 15 is 0 Å². The molecule has 172 valence electrons. The number of halogens is 1. The van der Waals surface area contributed by atoms with E-state index < -0.39 is 11.9 Å². The number of carboxylic acid groups (broad SMARTS) is 1. The number of Topliss-reactive ketones (excluding diaryl/α,β-unsaturated/α-hetero) is 1. The SMILES string of the molecule is CCCc1c(OCCCOc2cc(NC(=O)C(=O)O)c(C)cc2I)ccc(C(C)=O)c1O. The number of nitrogens with one attached hydrogen (secondary N) is 1. The molecule has 0 saturated heterocycles. The summed E-state index contributed by atoms with van der Waals surface area (Å²) in [5.41, 5.74) is 1.99. The van der Waals surface area contributed by atoms with Crippen LogP contribution in [0.5, 0.6) is 17.2 Å². The maximum Gasteiger partial charge on any atom is 0.394 e. The maximum absolute atomic E-state index is 11.7. The molecule has 0 heterocycles. The zero-order valence-corrected chi connectivity index (χ0v) is 20.3. The largest absolute Gasteiger partial charge is 0.507 e. The van der Waals surface area contributed by atoms with Gasteiger partial charge >= 0.3 is 11.9 Å². The van der Waals surface area contributed by atoms with Crippen molar-refractivity contribution in [3.63, 3.8) is 0 Å². The summed E-state index contributed by atoms with van der Waals surface area (Å²) in [6.45, 7) is 5.81. The molecule has 1 amide bonds. The monoisotopic (exact) mass is 555 g/mol. The number of hydrogen-bond acceptors (Lipinski definition) is 6. The average Bonchev–Trinajstić information content (AvgIpc) is 2.72. The van der Waals surface area contributed by atoms with E-state index in [1.54, 1.807) is 31.2 Å². The van der Waals surface area contributed by atoms with E-state index in [0.717, 1.165) is 15.6 Å². The first-order valence-electron chi connectivity index (χ1n) is 10.1. The number of aliphatic carboxylic acids is 1. The molecule has 0 bridgehead atoms. The second-order valence-corrected chi connectivity index (χ2v) is 8.31. The van der Waals surface area contributed by atoms with Crippen molar-refractivity contribution in [2.45, 2.75) is 40.0 Å². The van der Waals surface area contributed by atoms with Crippen molar-refractivity contribution in [3.8, 4) is 17.2 Å². The fraction of sp³-hybridized carbons (Fsp3) is 0.348. The molecule has 0 aromatic heterocycles. The summed E-state index contributed by atoms with van der Waals surface area (Å²) in [6, 6.07) is 6.64. The summed E-state index contributed by atoms with van der Waals surface area (Å²) in [4.78, 5) is 33.9. The quantitative estimate of drug-likeness (QED) is 0.173. The van der Waals surface area contributed by atoms with Crippen LogP contribution in [0.25, 0.3) is 0 Å². The second kappa shape index (κ2) is 11.7. The number of benzene rings is 2. The van der Waals surface area contributed by atoms with Gasteiger partial charge in [0.25, 0.3) is 0 Å². The normalized spacial score (nSPS) is 10.5. The topological polar surface area (TPSA) is 122 Å². The first-order valence-corrected chi connectivity index (χ1v) is 11.2. The van der Waals surface area contributed by atoms with Crippen molar-refractivity contribution < 1.29 is 34.1 Å². The van der Waals surface area contributed by atoms with Crippen LogP contribution in [0.2, 0.25) is 0 Å². The number of phenols is 1. The minimum Gasteiger partial charge on any atom is -0.507 e. The van der Waals surface area contributed by atoms with Gasteiger partial charge in [-0.1, -0.05) is 13.3 Å². The van der Waals surface area contributed by atoms with Gasteiger partial charge in [-0.25, -0.2) is 4.79 Å². The molecule has 0 unspecified atom stereocenters. The molecule has 0 aliphatic heterocycles. The first-order chi connectivity index (χ1) is 15.1. The predicted molar refractivity (Wildman–Crippen MR) is 128 cm³/mol. The predicted octanol–water partition coefficient (Wildman–Crippen LogP) is 4.33. The molecule has 0 spiro atoms. The number of anilines is 1. The van der Waals surface area contributed by atoms with Crippen molar-refractivity contribution >= 4 is 45.9 Å². The van der Waals surface area contributed by atoms with Gasteiger partial charge in [-0.2, -0.15) is 0 Å². The molecule has 2 aromatic rings. The lowest BCUT2D eigenvalue weighted by molar-refractivity contribution is -0.147. The number of carbonyl (C=O) groups is 3. The Kier molecular flexibility index (Phi) is 9.30. The molecule has 9 heteroatoms. The lowest BCUT2D eigenvalue weighted by Crippen LogP contribution is -2.22. The molecule has 0 radical (unpaired) electrons. The van der Waals surface area contributed by atoms with Gasteiger partial charge in [0.1, 0.15) is 17.2 Å². The number of aryl methyl sites for hydroxylation is 1. The molecule has 3 N–H and O–H groups in total. The van der Waals surface area contributed by atoms with Crippen LogP contribution in [0.1, 0.15) is 48.2 Å². The molecule has 0 atom stereocenters. The van der Waals surface area contributed by atoms with Crippen molar-refractivity contribution in [2.24, 2.45) is 0 Å². The van der Waals surface area contributed by atoms with Gasteiger partial charge in [-0.05, 0) is 66.6 Å². The van der Waals surface area contributed by atoms with E-state index in [9.17, 15) is 19.5 Å². The highest BCUT2D eigenvalue weighted by Gasteiger charge is 2.16. The van der Waals surface area contributed by atoms with E-state index in [4.69, 9.17) is 14.6 Å². The Hall–Kier alpha value is -2.82. The van der Waals surface area contributed by atoms with E-state index in [0.29, 0.717) is 48.8 Å². The third-order valence-electron chi connectivity index (χ3n) is 4.64. The van der Waals surface area contributed by atoms with Crippen LogP contribution in [0.15, 0.2) is 24.3 Å². The number of amides is 1. The van der Waals surface area contributed by atoms with Crippen LogP contribution < -0.4 is 14.8 Å². The molecule has 0 fully saturated rings. The molecule has 0 aliphatic carbocycles. The van der Waals surface area contributed by atoms with Gasteiger partial charge in [0.2, 0.25) is 0 Å². The molecule has 2 rings (SSSR count). The Morgan fingerprint density at radius 2 is 1.75 bits per heavy atom. The lowest BCUT2D eigenvalue weighted by Gasteiger charge is -2.15. The Labute approximate surface area is 200 Å². The molecular weight excluding hydrogens is 529 g/mol. The summed E-state index contributed by atoms with van der Waals surface area (Å²) in [6.07, 6.45) is 1.92. The van der Waals surface area contributed by atoms with Gasteiger partial charge in [-0.3, -0.25) is 9.59 Å². The summed E-state index contributed by atoms with van der Waals surface area (Å²) < 4.78 is 12.4. The number of rotatable bonds is 10. The van der Waals surface area contributed by atoms with Gasteiger partial charge in [0.15, 0.2) is 5.78 Å². The van der Waals surface area contributed by atoms with Crippen molar-refractivity contribution in [2.75, 3.05) is 18.5 Å². The van der Waals surface area contributed by atoms with E-state index in [1.165, 1.54) is 6.92 Å². The van der Waals surface area contributed by atoms with Crippen LogP contribution >= 0.6 is 22.6 Å². The zero-order chi connectivity index (χ0) is 23.8. The molecular formula is C23H26INO7. The summed E-state index contributed by atoms with van der Waals surface area (Å²) >= 11 is 2.10. The van der Waals surface area contributed by atoms with E-state index in [2.05, 4.69) is 27.9 Å². The number of ketones is 1. The number of carbonyl (C=O) groups excluding carboxylic acids is 2. The Morgan fingerprint density at radius 1 is 1.09 bits per heavy atom. The van der Waals surface area contributed by atoms with Gasteiger partial charge in [-0.15, -0.1) is 0 Å². The minimum absolute atomic E-state index is 0.0294. The number of hydrogen-bond donors (Lipinski definition) is 3. The molecule has 8 nitrogen and oxygen atoms in total. The summed E-state index contributed by atoms with van der Waals surface area (Å²) in [5.74, 6) is -1.85. The van der Waals surface area contributed by atoms with Crippen LogP contribution in [0.4, 0.5) is 5.69 Å². The molecule has 0 saturated carbocycles. The van der Waals surface area contributed by atoms with Gasteiger partial charge in [0, 0.05) is 23.7 Å². The van der Waals surface area contributed by atoms with Gasteiger partial charge < -0.3 is 25.0 Å². The highest BCUT2D eigenvalue weighted by atomic mass is 127. The molecule has 0 aliphatic rings. The van der Waals surface area contributed by atoms with Gasteiger partial charge in [0.05, 0.1) is 22.3 Å². The summed E-state index contributed by atoms with van der Waals surface area (Å²) in [5, 5.41) is 21.5. The highest BCUT2D eigenvalue weighted by Crippen LogP contribution is 2.33. The third kappa shape index (κ3) is 6.59. The molecule has 32 heavy (non-hydrogen) atoms. The van der Waals surface area contributed by atoms with Crippen LogP contribution in [-0.2, 0) is 16.0 Å². The number of ether oxygens (including phenoxy) is 2.